The van der Waals surface area contributed by atoms with Crippen molar-refractivity contribution in [1.29, 1.82) is 0 Å². The Bertz CT molecular complexity index is 1340. The lowest BCUT2D eigenvalue weighted by atomic mass is 9.94. The zero-order valence-corrected chi connectivity index (χ0v) is 23.7. The Morgan fingerprint density at radius 1 is 1.08 bits per heavy atom. The van der Waals surface area contributed by atoms with Crippen molar-refractivity contribution in [3.63, 3.8) is 0 Å². The number of ether oxygens (including phenoxy) is 1. The highest BCUT2D eigenvalue weighted by Gasteiger charge is 2.31. The van der Waals surface area contributed by atoms with Crippen molar-refractivity contribution in [2.24, 2.45) is 5.92 Å². The van der Waals surface area contributed by atoms with Gasteiger partial charge < -0.3 is 25.0 Å². The van der Waals surface area contributed by atoms with E-state index in [1.165, 1.54) is 4.90 Å². The highest BCUT2D eigenvalue weighted by atomic mass is 35.5. The van der Waals surface area contributed by atoms with Crippen LogP contribution in [-0.4, -0.2) is 65.7 Å². The van der Waals surface area contributed by atoms with E-state index < -0.39 is 12.1 Å². The predicted octanol–water partition coefficient (Wildman–Crippen LogP) is 6.18. The van der Waals surface area contributed by atoms with Crippen molar-refractivity contribution in [2.45, 2.75) is 32.6 Å². The fourth-order valence-corrected chi connectivity index (χ4v) is 5.06. The number of hydrogen-bond donors (Lipinski definition) is 2. The number of aliphatic hydroxyl groups excluding tert-OH is 1. The largest absolute Gasteiger partial charge is 0.394 e. The quantitative estimate of drug-likeness (QED) is 0.384. The maximum atomic E-state index is 13.9. The number of nitrogens with one attached hydrogen (secondary N) is 1. The number of benzene rings is 3. The Morgan fingerprint density at radius 2 is 1.74 bits per heavy atom. The van der Waals surface area contributed by atoms with Crippen molar-refractivity contribution in [1.82, 2.24) is 9.80 Å². The van der Waals surface area contributed by atoms with Gasteiger partial charge in [-0.15, -0.1) is 0 Å². The first-order valence-corrected chi connectivity index (χ1v) is 13.6. The summed E-state index contributed by atoms with van der Waals surface area (Å²) >= 11 is 12.4. The maximum Gasteiger partial charge on any atom is 0.321 e. The zero-order valence-electron chi connectivity index (χ0n) is 22.2. The molecule has 3 aromatic rings. The molecule has 0 aromatic heterocycles. The van der Waals surface area contributed by atoms with E-state index in [4.69, 9.17) is 27.9 Å². The van der Waals surface area contributed by atoms with E-state index in [1.807, 2.05) is 62.4 Å². The molecule has 3 aromatic carbocycles. The van der Waals surface area contributed by atoms with Gasteiger partial charge in [-0.3, -0.25) is 4.79 Å². The van der Waals surface area contributed by atoms with Gasteiger partial charge in [0.1, 0.15) is 0 Å². The molecule has 206 valence electrons. The third-order valence-electron chi connectivity index (χ3n) is 7.09. The van der Waals surface area contributed by atoms with E-state index in [0.29, 0.717) is 29.4 Å². The summed E-state index contributed by atoms with van der Waals surface area (Å²) in [5, 5.41) is 13.4. The SMILES string of the molecule is C[C@@H]1CN([C@H](C)CO)C(=O)c2ccccc2-c2ccccc2CO[C@@H]1CN(C)C(=O)Nc1cccc(Cl)c1Cl. The molecule has 1 aliphatic rings. The number of anilines is 1. The minimum absolute atomic E-state index is 0.156. The van der Waals surface area contributed by atoms with Crippen LogP contribution in [0.5, 0.6) is 0 Å². The van der Waals surface area contributed by atoms with Crippen molar-refractivity contribution >= 4 is 40.8 Å². The van der Waals surface area contributed by atoms with Crippen LogP contribution in [0.4, 0.5) is 10.5 Å². The summed E-state index contributed by atoms with van der Waals surface area (Å²) in [6.45, 7) is 4.54. The molecule has 9 heteroatoms. The molecular weight excluding hydrogens is 537 g/mol. The Hall–Kier alpha value is -3.10. The number of carbonyl (C=O) groups excluding carboxylic acids is 2. The number of halogens is 2. The molecule has 3 amide bonds. The second kappa shape index (κ2) is 12.8. The molecule has 0 bridgehead atoms. The Morgan fingerprint density at radius 3 is 2.46 bits per heavy atom. The van der Waals surface area contributed by atoms with Crippen LogP contribution in [0.1, 0.15) is 29.8 Å². The second-order valence-corrected chi connectivity index (χ2v) is 10.7. The van der Waals surface area contributed by atoms with E-state index in [1.54, 1.807) is 30.1 Å². The second-order valence-electron chi connectivity index (χ2n) is 9.93. The molecule has 0 unspecified atom stereocenters. The molecule has 4 rings (SSSR count). The molecular formula is C30H33Cl2N3O4. The van der Waals surface area contributed by atoms with Gasteiger partial charge in [0.05, 0.1) is 41.1 Å². The van der Waals surface area contributed by atoms with Gasteiger partial charge in [-0.25, -0.2) is 4.79 Å². The summed E-state index contributed by atoms with van der Waals surface area (Å²) in [5.41, 5.74) is 3.66. The molecule has 0 saturated heterocycles. The van der Waals surface area contributed by atoms with Crippen LogP contribution in [-0.2, 0) is 11.3 Å². The van der Waals surface area contributed by atoms with Gasteiger partial charge in [0.2, 0.25) is 0 Å². The van der Waals surface area contributed by atoms with E-state index in [9.17, 15) is 14.7 Å². The lowest BCUT2D eigenvalue weighted by Crippen LogP contribution is -2.48. The molecule has 0 saturated carbocycles. The number of fused-ring (bicyclic) bond motifs is 3. The fraction of sp³-hybridized carbons (Fsp3) is 0.333. The standard InChI is InChI=1S/C30H33Cl2N3O4/c1-19-15-35(20(2)17-36)29(37)24-12-7-6-11-23(24)22-10-5-4-9-21(22)18-39-27(19)16-34(3)30(38)33-26-14-8-13-25(31)28(26)32/h4-14,19-20,27,36H,15-18H2,1-3H3,(H,33,38)/t19-,20-,27-/m1/s1. The number of hydrogen-bond acceptors (Lipinski definition) is 4. The average Bonchev–Trinajstić information content (AvgIpc) is 2.96. The van der Waals surface area contributed by atoms with Crippen molar-refractivity contribution in [2.75, 3.05) is 32.1 Å². The van der Waals surface area contributed by atoms with Crippen LogP contribution in [0.3, 0.4) is 0 Å². The first-order chi connectivity index (χ1) is 18.7. The van der Waals surface area contributed by atoms with Gasteiger partial charge in [-0.1, -0.05) is 78.7 Å². The van der Waals surface area contributed by atoms with Crippen LogP contribution in [0.15, 0.2) is 66.7 Å². The normalized spacial score (nSPS) is 18.4. The van der Waals surface area contributed by atoms with Gasteiger partial charge in [0, 0.05) is 31.6 Å². The molecule has 7 nitrogen and oxygen atoms in total. The van der Waals surface area contributed by atoms with Crippen molar-refractivity contribution < 1.29 is 19.4 Å². The third-order valence-corrected chi connectivity index (χ3v) is 7.91. The van der Waals surface area contributed by atoms with Crippen LogP contribution in [0.25, 0.3) is 11.1 Å². The molecule has 39 heavy (non-hydrogen) atoms. The van der Waals surface area contributed by atoms with E-state index in [-0.39, 0.29) is 36.0 Å². The lowest BCUT2D eigenvalue weighted by molar-refractivity contribution is -0.0178. The number of amides is 3. The highest BCUT2D eigenvalue weighted by molar-refractivity contribution is 6.43. The minimum Gasteiger partial charge on any atom is -0.394 e. The highest BCUT2D eigenvalue weighted by Crippen LogP contribution is 2.32. The van der Waals surface area contributed by atoms with Gasteiger partial charge in [-0.2, -0.15) is 0 Å². The monoisotopic (exact) mass is 569 g/mol. The third kappa shape index (κ3) is 6.56. The Balaban J connectivity index is 1.65. The van der Waals surface area contributed by atoms with E-state index >= 15 is 0 Å². The summed E-state index contributed by atoms with van der Waals surface area (Å²) in [4.78, 5) is 30.2. The van der Waals surface area contributed by atoms with Gasteiger partial charge in [0.25, 0.3) is 5.91 Å². The first kappa shape index (κ1) is 28.9. The number of carbonyl (C=O) groups is 2. The molecule has 3 atom stereocenters. The predicted molar refractivity (Wildman–Crippen MR) is 155 cm³/mol. The van der Waals surface area contributed by atoms with Crippen LogP contribution >= 0.6 is 23.2 Å². The summed E-state index contributed by atoms with van der Waals surface area (Å²) in [5.74, 6) is -0.318. The average molecular weight is 571 g/mol. The molecule has 2 N–H and O–H groups in total. The van der Waals surface area contributed by atoms with Crippen LogP contribution < -0.4 is 5.32 Å². The molecule has 0 spiro atoms. The topological polar surface area (TPSA) is 82.1 Å². The molecule has 0 fully saturated rings. The van der Waals surface area contributed by atoms with E-state index in [0.717, 1.165) is 16.7 Å². The van der Waals surface area contributed by atoms with Crippen molar-refractivity contribution in [3.05, 3.63) is 87.9 Å². The molecule has 1 aliphatic heterocycles. The number of urea groups is 1. The van der Waals surface area contributed by atoms with Gasteiger partial charge in [0.15, 0.2) is 0 Å². The Kier molecular flexibility index (Phi) is 9.51. The van der Waals surface area contributed by atoms with Crippen molar-refractivity contribution in [3.8, 4) is 11.1 Å². The van der Waals surface area contributed by atoms with Crippen LogP contribution in [0.2, 0.25) is 10.0 Å². The number of rotatable bonds is 5. The number of nitrogens with zero attached hydrogens (tertiary/aromatic N) is 2. The molecule has 1 heterocycles. The Labute approximate surface area is 239 Å². The molecule has 0 aliphatic carbocycles. The summed E-state index contributed by atoms with van der Waals surface area (Å²) in [7, 11) is 1.68. The van der Waals surface area contributed by atoms with Gasteiger partial charge >= 0.3 is 6.03 Å². The van der Waals surface area contributed by atoms with Gasteiger partial charge in [-0.05, 0) is 41.8 Å². The molecule has 0 radical (unpaired) electrons. The minimum atomic E-state index is -0.411. The smallest absolute Gasteiger partial charge is 0.321 e. The summed E-state index contributed by atoms with van der Waals surface area (Å²) in [6, 6.07) is 19.6. The maximum absolute atomic E-state index is 13.9. The summed E-state index contributed by atoms with van der Waals surface area (Å²) < 4.78 is 6.47. The summed E-state index contributed by atoms with van der Waals surface area (Å²) in [6.07, 6.45) is -0.411. The lowest BCUT2D eigenvalue weighted by Gasteiger charge is -2.35. The van der Waals surface area contributed by atoms with E-state index in [2.05, 4.69) is 5.32 Å². The fourth-order valence-electron chi connectivity index (χ4n) is 4.72. The number of likely N-dealkylation sites (N-methyl/N-ethyl adjacent to an activating group) is 1. The van der Waals surface area contributed by atoms with Crippen LogP contribution in [0, 0.1) is 5.92 Å². The first-order valence-electron chi connectivity index (χ1n) is 12.9. The zero-order chi connectivity index (χ0) is 28.1. The number of aliphatic hydroxyl groups is 1.